The number of aliphatic hydroxyl groups is 2. The summed E-state index contributed by atoms with van der Waals surface area (Å²) in [5, 5.41) is 22.7. The maximum Gasteiger partial charge on any atom is 0.236 e. The zero-order valence-electron chi connectivity index (χ0n) is 30.7. The van der Waals surface area contributed by atoms with Gasteiger partial charge in [-0.2, -0.15) is 0 Å². The molecule has 1 amide bonds. The summed E-state index contributed by atoms with van der Waals surface area (Å²) in [5.74, 6) is -0.331. The highest BCUT2D eigenvalue weighted by molar-refractivity contribution is 5.87. The van der Waals surface area contributed by atoms with E-state index in [1.54, 1.807) is 21.0 Å². The molecular formula is C35H64N4O8. The number of ketones is 1. The Morgan fingerprint density at radius 3 is 2.30 bits per heavy atom. The highest BCUT2D eigenvalue weighted by atomic mass is 16.7. The molecule has 0 aliphatic carbocycles. The summed E-state index contributed by atoms with van der Waals surface area (Å²) in [7, 11) is 7.58. The highest BCUT2D eigenvalue weighted by Crippen LogP contribution is 2.39. The van der Waals surface area contributed by atoms with Gasteiger partial charge in [-0.25, -0.2) is 0 Å². The molecule has 0 aromatic carbocycles. The Morgan fingerprint density at radius 1 is 1.06 bits per heavy atom. The molecule has 272 valence electrons. The van der Waals surface area contributed by atoms with E-state index in [0.717, 1.165) is 45.6 Å². The molecule has 12 heteroatoms. The molecule has 4 aliphatic rings. The van der Waals surface area contributed by atoms with Crippen LogP contribution in [0.2, 0.25) is 0 Å². The fourth-order valence-corrected chi connectivity index (χ4v) is 8.40. The summed E-state index contributed by atoms with van der Waals surface area (Å²) < 4.78 is 25.2. The van der Waals surface area contributed by atoms with Gasteiger partial charge in [0.2, 0.25) is 5.91 Å². The number of likely N-dealkylation sites (tertiary alicyclic amines) is 2. The van der Waals surface area contributed by atoms with Gasteiger partial charge in [-0.1, -0.05) is 13.8 Å². The zero-order valence-corrected chi connectivity index (χ0v) is 30.7. The number of methoxy groups -OCH3 is 1. The Hall–Kier alpha value is -1.22. The Bertz CT molecular complexity index is 1050. The Labute approximate surface area is 283 Å². The van der Waals surface area contributed by atoms with Crippen molar-refractivity contribution in [2.24, 2.45) is 23.2 Å². The lowest BCUT2D eigenvalue weighted by Gasteiger charge is -2.47. The minimum absolute atomic E-state index is 0.00888. The maximum absolute atomic E-state index is 14.3. The second-order valence-corrected chi connectivity index (χ2v) is 16.1. The number of hydrogen-bond acceptors (Lipinski definition) is 11. The van der Waals surface area contributed by atoms with Gasteiger partial charge in [-0.3, -0.25) is 14.5 Å². The number of carbonyl (C=O) groups excluding carboxylic acids is 2. The molecular weight excluding hydrogens is 604 g/mol. The van der Waals surface area contributed by atoms with E-state index in [2.05, 4.69) is 23.8 Å². The molecule has 0 aromatic heterocycles. The number of aliphatic hydroxyl groups excluding tert-OH is 2. The standard InChI is InChI=1S/C35H64N4O8/c1-22-16-35(6,44-10)31(47-32-29(41)26(36(7)8)15-23(2)46-32)24(3)30(42)34(4,5)33(43)45-21-27(37(9)17-22)25-18-38(19-25)20-28(40)39-13-11-12-14-39/h22-27,29,31-33,41,43H,11-21H2,1-10H3/t22-,23-,24+,26+,27+,29-,31-,32+,33?,35-/m1/s1. The first-order chi connectivity index (χ1) is 22.0. The normalized spacial score (nSPS) is 40.5. The third-order valence-corrected chi connectivity index (χ3v) is 11.4. The number of nitrogens with zero attached hydrogens (tertiary/aromatic N) is 4. The number of likely N-dealkylation sites (N-methyl/N-ethyl adjacent to an activating group) is 2. The number of hydrogen-bond donors (Lipinski definition) is 2. The van der Waals surface area contributed by atoms with E-state index in [1.165, 1.54) is 0 Å². The summed E-state index contributed by atoms with van der Waals surface area (Å²) in [6.07, 6.45) is -0.749. The summed E-state index contributed by atoms with van der Waals surface area (Å²) in [4.78, 5) is 35.5. The fraction of sp³-hybridized carbons (Fsp3) is 0.943. The van der Waals surface area contributed by atoms with Crippen LogP contribution in [0.25, 0.3) is 0 Å². The van der Waals surface area contributed by atoms with Crippen LogP contribution in [-0.2, 0) is 28.5 Å². The lowest BCUT2D eigenvalue weighted by atomic mass is 9.74. The predicted molar refractivity (Wildman–Crippen MR) is 179 cm³/mol. The summed E-state index contributed by atoms with van der Waals surface area (Å²) >= 11 is 0. The third kappa shape index (κ3) is 8.75. The van der Waals surface area contributed by atoms with Crippen molar-refractivity contribution in [3.8, 4) is 0 Å². The molecule has 10 atom stereocenters. The van der Waals surface area contributed by atoms with Gasteiger partial charge in [-0.05, 0) is 80.4 Å². The van der Waals surface area contributed by atoms with Gasteiger partial charge in [0.05, 0.1) is 36.4 Å². The largest absolute Gasteiger partial charge is 0.386 e. The number of amides is 1. The van der Waals surface area contributed by atoms with Gasteiger partial charge in [0.25, 0.3) is 0 Å². The van der Waals surface area contributed by atoms with Crippen molar-refractivity contribution in [2.45, 2.75) is 116 Å². The van der Waals surface area contributed by atoms with E-state index in [-0.39, 0.29) is 48.3 Å². The molecule has 12 nitrogen and oxygen atoms in total. The minimum atomic E-state index is -1.34. The van der Waals surface area contributed by atoms with Crippen molar-refractivity contribution in [1.82, 2.24) is 19.6 Å². The van der Waals surface area contributed by atoms with Crippen LogP contribution < -0.4 is 0 Å². The quantitative estimate of drug-likeness (QED) is 0.412. The first kappa shape index (κ1) is 38.6. The van der Waals surface area contributed by atoms with Crippen molar-refractivity contribution in [3.05, 3.63) is 0 Å². The summed E-state index contributed by atoms with van der Waals surface area (Å²) in [6, 6.07) is -0.180. The van der Waals surface area contributed by atoms with Gasteiger partial charge in [-0.15, -0.1) is 0 Å². The molecule has 0 radical (unpaired) electrons. The molecule has 4 aliphatic heterocycles. The fourth-order valence-electron chi connectivity index (χ4n) is 8.40. The van der Waals surface area contributed by atoms with Gasteiger partial charge in [0.1, 0.15) is 11.9 Å². The molecule has 0 aromatic rings. The molecule has 0 bridgehead atoms. The van der Waals surface area contributed by atoms with Crippen LogP contribution in [0.1, 0.15) is 67.2 Å². The molecule has 1 unspecified atom stereocenters. The number of Topliss-reactive ketones (excluding diaryl/α,β-unsaturated/α-hetero) is 1. The molecule has 0 spiro atoms. The monoisotopic (exact) mass is 668 g/mol. The van der Waals surface area contributed by atoms with Gasteiger partial charge >= 0.3 is 0 Å². The molecule has 47 heavy (non-hydrogen) atoms. The van der Waals surface area contributed by atoms with Crippen LogP contribution in [0, 0.1) is 23.2 Å². The lowest BCUT2D eigenvalue weighted by molar-refractivity contribution is -0.296. The molecule has 0 saturated carbocycles. The van der Waals surface area contributed by atoms with Crippen molar-refractivity contribution < 1.29 is 38.7 Å². The zero-order chi connectivity index (χ0) is 34.8. The number of rotatable bonds is 7. The van der Waals surface area contributed by atoms with Gasteiger partial charge in [0, 0.05) is 63.8 Å². The van der Waals surface area contributed by atoms with Crippen molar-refractivity contribution in [3.63, 3.8) is 0 Å². The van der Waals surface area contributed by atoms with Crippen LogP contribution in [0.3, 0.4) is 0 Å². The Kier molecular flexibility index (Phi) is 12.9. The average molecular weight is 669 g/mol. The number of carbonyl (C=O) groups is 2. The van der Waals surface area contributed by atoms with Crippen LogP contribution in [0.5, 0.6) is 0 Å². The average Bonchev–Trinajstić information content (AvgIpc) is 3.53. The van der Waals surface area contributed by atoms with Crippen molar-refractivity contribution in [2.75, 3.05) is 74.1 Å². The minimum Gasteiger partial charge on any atom is -0.386 e. The van der Waals surface area contributed by atoms with Crippen LogP contribution >= 0.6 is 0 Å². The summed E-state index contributed by atoms with van der Waals surface area (Å²) in [5.41, 5.74) is -2.17. The van der Waals surface area contributed by atoms with E-state index >= 15 is 0 Å². The van der Waals surface area contributed by atoms with E-state index in [0.29, 0.717) is 19.4 Å². The van der Waals surface area contributed by atoms with Crippen LogP contribution in [0.15, 0.2) is 0 Å². The molecule has 4 rings (SSSR count). The molecule has 4 heterocycles. The van der Waals surface area contributed by atoms with E-state index in [9.17, 15) is 19.8 Å². The van der Waals surface area contributed by atoms with Crippen LogP contribution in [0.4, 0.5) is 0 Å². The molecule has 4 fully saturated rings. The van der Waals surface area contributed by atoms with E-state index in [4.69, 9.17) is 18.9 Å². The third-order valence-electron chi connectivity index (χ3n) is 11.4. The summed E-state index contributed by atoms with van der Waals surface area (Å²) in [6.45, 7) is 16.0. The second-order valence-electron chi connectivity index (χ2n) is 16.1. The SMILES string of the molecule is CO[C@]1(C)C[C@@H](C)CN(C)[C@H](C2CN(CC(=O)N3CCCC3)C2)COC(O)C(C)(C)C(=O)[C@H](C)[C@H]1O[C@@H]1O[C@H](C)C[C@H](N(C)C)[C@H]1O. The highest BCUT2D eigenvalue weighted by Gasteiger charge is 2.51. The van der Waals surface area contributed by atoms with Gasteiger partial charge < -0.3 is 43.9 Å². The smallest absolute Gasteiger partial charge is 0.236 e. The lowest BCUT2D eigenvalue weighted by Crippen LogP contribution is -2.60. The number of ether oxygens (including phenoxy) is 4. The second kappa shape index (κ2) is 15.8. The van der Waals surface area contributed by atoms with Crippen molar-refractivity contribution >= 4 is 11.7 Å². The Morgan fingerprint density at radius 2 is 1.70 bits per heavy atom. The van der Waals surface area contributed by atoms with E-state index in [1.807, 2.05) is 44.7 Å². The van der Waals surface area contributed by atoms with Crippen LogP contribution in [-0.4, -0.2) is 164 Å². The molecule has 4 saturated heterocycles. The maximum atomic E-state index is 14.3. The first-order valence-electron chi connectivity index (χ1n) is 17.7. The Balaban J connectivity index is 1.56. The molecule has 2 N–H and O–H groups in total. The topological polar surface area (TPSA) is 124 Å². The first-order valence-corrected chi connectivity index (χ1v) is 17.7. The predicted octanol–water partition coefficient (Wildman–Crippen LogP) is 1.66. The van der Waals surface area contributed by atoms with Crippen molar-refractivity contribution in [1.29, 1.82) is 0 Å². The van der Waals surface area contributed by atoms with Gasteiger partial charge in [0.15, 0.2) is 12.6 Å². The van der Waals surface area contributed by atoms with E-state index < -0.39 is 41.7 Å².